The van der Waals surface area contributed by atoms with Gasteiger partial charge in [0.05, 0.1) is 6.54 Å². The van der Waals surface area contributed by atoms with E-state index in [4.69, 9.17) is 4.74 Å². The second kappa shape index (κ2) is 4.23. The van der Waals surface area contributed by atoms with Crippen molar-refractivity contribution in [3.05, 3.63) is 52.5 Å². The Morgan fingerprint density at radius 2 is 2.15 bits per heavy atom. The molecule has 0 spiro atoms. The molecule has 1 saturated carbocycles. The van der Waals surface area contributed by atoms with Crippen molar-refractivity contribution in [2.75, 3.05) is 0 Å². The number of halogens is 1. The molecule has 20 heavy (non-hydrogen) atoms. The maximum atomic E-state index is 13.2. The summed E-state index contributed by atoms with van der Waals surface area (Å²) in [6.07, 6.45) is 6.40. The van der Waals surface area contributed by atoms with Gasteiger partial charge in [-0.05, 0) is 31.0 Å². The van der Waals surface area contributed by atoms with Crippen LogP contribution in [0.5, 0.6) is 5.75 Å². The van der Waals surface area contributed by atoms with E-state index in [2.05, 4.69) is 0 Å². The summed E-state index contributed by atoms with van der Waals surface area (Å²) in [4.78, 5) is 12.2. The van der Waals surface area contributed by atoms with E-state index in [0.29, 0.717) is 19.0 Å². The summed E-state index contributed by atoms with van der Waals surface area (Å²) >= 11 is 0. The van der Waals surface area contributed by atoms with Crippen LogP contribution in [0.1, 0.15) is 24.4 Å². The van der Waals surface area contributed by atoms with E-state index in [0.717, 1.165) is 24.2 Å². The van der Waals surface area contributed by atoms with Crippen LogP contribution in [0.15, 0.2) is 35.4 Å². The second-order valence-electron chi connectivity index (χ2n) is 5.57. The number of benzene rings is 1. The van der Waals surface area contributed by atoms with Gasteiger partial charge in [0.15, 0.2) is 0 Å². The van der Waals surface area contributed by atoms with Crippen molar-refractivity contribution in [1.29, 1.82) is 0 Å². The van der Waals surface area contributed by atoms with Crippen molar-refractivity contribution in [2.24, 2.45) is 0 Å². The average molecular weight is 274 g/mol. The van der Waals surface area contributed by atoms with Gasteiger partial charge in [-0.2, -0.15) is 0 Å². The van der Waals surface area contributed by atoms with E-state index in [1.165, 1.54) is 12.1 Å². The van der Waals surface area contributed by atoms with Crippen LogP contribution in [0, 0.1) is 5.82 Å². The normalized spacial score (nSPS) is 20.8. The highest BCUT2D eigenvalue weighted by atomic mass is 19.1. The molecule has 5 heteroatoms. The molecule has 2 aliphatic rings. The third-order valence-corrected chi connectivity index (χ3v) is 3.98. The molecule has 0 bridgehead atoms. The SMILES string of the molecule is O=c1n(CC2Cc3cc(F)ccc3O2)ccn1C1CC1. The molecule has 4 nitrogen and oxygen atoms in total. The average Bonchev–Trinajstić information content (AvgIpc) is 3.09. The Kier molecular flexibility index (Phi) is 2.49. The lowest BCUT2D eigenvalue weighted by molar-refractivity contribution is 0.207. The van der Waals surface area contributed by atoms with Crippen molar-refractivity contribution in [3.63, 3.8) is 0 Å². The predicted octanol–water partition coefficient (Wildman–Crippen LogP) is 2.13. The maximum absolute atomic E-state index is 13.2. The summed E-state index contributed by atoms with van der Waals surface area (Å²) in [5.41, 5.74) is 0.905. The molecule has 1 aliphatic heterocycles. The number of fused-ring (bicyclic) bond motifs is 1. The van der Waals surface area contributed by atoms with E-state index >= 15 is 0 Å². The Hall–Kier alpha value is -2.04. The zero-order valence-corrected chi connectivity index (χ0v) is 11.0. The Morgan fingerprint density at radius 3 is 2.95 bits per heavy atom. The van der Waals surface area contributed by atoms with Crippen LogP contribution in [0.3, 0.4) is 0 Å². The topological polar surface area (TPSA) is 36.2 Å². The molecule has 1 aromatic heterocycles. The first-order valence-corrected chi connectivity index (χ1v) is 6.93. The van der Waals surface area contributed by atoms with Crippen LogP contribution in [0.2, 0.25) is 0 Å². The molecule has 2 heterocycles. The van der Waals surface area contributed by atoms with Gasteiger partial charge in [0.25, 0.3) is 0 Å². The minimum absolute atomic E-state index is 0.0261. The van der Waals surface area contributed by atoms with Gasteiger partial charge < -0.3 is 4.74 Å². The van der Waals surface area contributed by atoms with E-state index in [1.807, 2.05) is 12.4 Å². The fourth-order valence-electron chi connectivity index (χ4n) is 2.81. The summed E-state index contributed by atoms with van der Waals surface area (Å²) in [6.45, 7) is 0.509. The molecule has 104 valence electrons. The summed E-state index contributed by atoms with van der Waals surface area (Å²) in [5, 5.41) is 0. The number of ether oxygens (including phenoxy) is 1. The van der Waals surface area contributed by atoms with Crippen molar-refractivity contribution in [3.8, 4) is 5.75 Å². The highest BCUT2D eigenvalue weighted by Gasteiger charge is 2.27. The molecule has 4 rings (SSSR count). The van der Waals surface area contributed by atoms with Crippen LogP contribution in [-0.4, -0.2) is 15.2 Å². The lowest BCUT2D eigenvalue weighted by Gasteiger charge is -2.10. The Labute approximate surface area is 115 Å². The van der Waals surface area contributed by atoms with E-state index in [-0.39, 0.29) is 17.6 Å². The molecule has 2 aromatic rings. The number of hydrogen-bond acceptors (Lipinski definition) is 2. The Balaban J connectivity index is 1.52. The molecular formula is C15H15FN2O2. The second-order valence-corrected chi connectivity index (χ2v) is 5.57. The monoisotopic (exact) mass is 274 g/mol. The van der Waals surface area contributed by atoms with Gasteiger partial charge in [0.1, 0.15) is 17.7 Å². The number of aromatic nitrogens is 2. The molecule has 1 unspecified atom stereocenters. The minimum atomic E-state index is -0.245. The molecular weight excluding hydrogens is 259 g/mol. The van der Waals surface area contributed by atoms with Crippen molar-refractivity contribution in [2.45, 2.75) is 38.0 Å². The molecule has 1 atom stereocenters. The largest absolute Gasteiger partial charge is 0.488 e. The number of nitrogens with zero attached hydrogens (tertiary/aromatic N) is 2. The molecule has 1 aliphatic carbocycles. The van der Waals surface area contributed by atoms with Crippen LogP contribution >= 0.6 is 0 Å². The van der Waals surface area contributed by atoms with Crippen LogP contribution < -0.4 is 10.4 Å². The van der Waals surface area contributed by atoms with Crippen LogP contribution in [-0.2, 0) is 13.0 Å². The summed E-state index contributed by atoms with van der Waals surface area (Å²) in [5.74, 6) is 0.483. The highest BCUT2D eigenvalue weighted by Crippen LogP contribution is 2.33. The standard InChI is InChI=1S/C15H15FN2O2/c16-11-1-4-14-10(7-11)8-13(20-14)9-17-5-6-18(15(17)19)12-2-3-12/h1,4-7,12-13H,2-3,8-9H2. The molecule has 1 aromatic carbocycles. The molecule has 0 N–H and O–H groups in total. The fourth-order valence-corrected chi connectivity index (χ4v) is 2.81. The van der Waals surface area contributed by atoms with Gasteiger partial charge >= 0.3 is 5.69 Å². The van der Waals surface area contributed by atoms with Gasteiger partial charge in [-0.3, -0.25) is 9.13 Å². The Morgan fingerprint density at radius 1 is 1.30 bits per heavy atom. The van der Waals surface area contributed by atoms with Crippen LogP contribution in [0.4, 0.5) is 4.39 Å². The third kappa shape index (κ3) is 1.94. The molecule has 1 fully saturated rings. The molecule has 0 saturated heterocycles. The first kappa shape index (κ1) is 11.8. The Bertz CT molecular complexity index is 715. The van der Waals surface area contributed by atoms with Crippen molar-refractivity contribution in [1.82, 2.24) is 9.13 Å². The van der Waals surface area contributed by atoms with E-state index in [9.17, 15) is 9.18 Å². The third-order valence-electron chi connectivity index (χ3n) is 3.98. The smallest absolute Gasteiger partial charge is 0.328 e. The van der Waals surface area contributed by atoms with Crippen molar-refractivity contribution < 1.29 is 9.13 Å². The number of hydrogen-bond donors (Lipinski definition) is 0. The minimum Gasteiger partial charge on any atom is -0.488 e. The fraction of sp³-hybridized carbons (Fsp3) is 0.400. The lowest BCUT2D eigenvalue weighted by atomic mass is 10.1. The predicted molar refractivity (Wildman–Crippen MR) is 71.5 cm³/mol. The van der Waals surface area contributed by atoms with Gasteiger partial charge in [0.2, 0.25) is 0 Å². The summed E-state index contributed by atoms with van der Waals surface area (Å²) in [6, 6.07) is 4.95. The zero-order valence-electron chi connectivity index (χ0n) is 11.0. The van der Waals surface area contributed by atoms with Crippen LogP contribution in [0.25, 0.3) is 0 Å². The van der Waals surface area contributed by atoms with Gasteiger partial charge in [-0.25, -0.2) is 9.18 Å². The maximum Gasteiger partial charge on any atom is 0.328 e. The van der Waals surface area contributed by atoms with E-state index < -0.39 is 0 Å². The lowest BCUT2D eigenvalue weighted by Crippen LogP contribution is -2.30. The highest BCUT2D eigenvalue weighted by molar-refractivity contribution is 5.37. The quantitative estimate of drug-likeness (QED) is 0.859. The number of rotatable bonds is 3. The van der Waals surface area contributed by atoms with Gasteiger partial charge in [0, 0.05) is 30.4 Å². The summed E-state index contributed by atoms with van der Waals surface area (Å²) < 4.78 is 22.4. The van der Waals surface area contributed by atoms with Gasteiger partial charge in [-0.1, -0.05) is 0 Å². The first-order valence-electron chi connectivity index (χ1n) is 6.93. The molecule has 0 amide bonds. The molecule has 0 radical (unpaired) electrons. The summed E-state index contributed by atoms with van der Waals surface area (Å²) in [7, 11) is 0. The zero-order chi connectivity index (χ0) is 13.7. The van der Waals surface area contributed by atoms with E-state index in [1.54, 1.807) is 15.2 Å². The number of imidazole rings is 1. The first-order chi connectivity index (χ1) is 9.70. The van der Waals surface area contributed by atoms with Gasteiger partial charge in [-0.15, -0.1) is 0 Å². The van der Waals surface area contributed by atoms with Crippen molar-refractivity contribution >= 4 is 0 Å².